The molecule has 1 aromatic heterocycles. The Bertz CT molecular complexity index is 649. The Morgan fingerprint density at radius 3 is 2.50 bits per heavy atom. The average molecular weight is 363 g/mol. The van der Waals surface area contributed by atoms with Gasteiger partial charge in [-0.15, -0.1) is 0 Å². The number of carbonyl (C=O) groups is 2. The molecule has 0 atom stereocenters. The zero-order chi connectivity index (χ0) is 19.3. The van der Waals surface area contributed by atoms with Crippen molar-refractivity contribution in [1.82, 2.24) is 20.2 Å². The first-order chi connectivity index (χ1) is 12.2. The van der Waals surface area contributed by atoms with E-state index in [1.165, 1.54) is 0 Å². The Kier molecular flexibility index (Phi) is 6.39. The highest BCUT2D eigenvalue weighted by Gasteiger charge is 2.25. The first-order valence-electron chi connectivity index (χ1n) is 9.04. The lowest BCUT2D eigenvalue weighted by Gasteiger charge is -2.31. The molecule has 1 aromatic rings. The molecule has 2 heterocycles. The molecule has 2 N–H and O–H groups in total. The van der Waals surface area contributed by atoms with E-state index >= 15 is 0 Å². The van der Waals surface area contributed by atoms with Gasteiger partial charge in [-0.2, -0.15) is 0 Å². The molecule has 0 bridgehead atoms. The van der Waals surface area contributed by atoms with Gasteiger partial charge in [-0.25, -0.2) is 14.8 Å². The molecule has 8 nitrogen and oxygen atoms in total. The fraction of sp³-hybridized carbons (Fsp3) is 0.667. The van der Waals surface area contributed by atoms with E-state index in [4.69, 9.17) is 4.74 Å². The van der Waals surface area contributed by atoms with Gasteiger partial charge in [-0.1, -0.05) is 0 Å². The molecule has 2 rings (SSSR count). The number of piperidine rings is 1. The number of ether oxygens (including phenoxy) is 1. The summed E-state index contributed by atoms with van der Waals surface area (Å²) in [7, 11) is 0. The highest BCUT2D eigenvalue weighted by molar-refractivity contribution is 5.92. The maximum atomic E-state index is 12.6. The SMILES string of the molecule is CCOC(=O)N1CCC(NC(=O)c2cc(C)nc(NC(C)(C)C)n2)CC1. The van der Waals surface area contributed by atoms with Crippen molar-refractivity contribution < 1.29 is 14.3 Å². The van der Waals surface area contributed by atoms with Crippen molar-refractivity contribution in [3.05, 3.63) is 17.5 Å². The summed E-state index contributed by atoms with van der Waals surface area (Å²) >= 11 is 0. The van der Waals surface area contributed by atoms with Crippen molar-refractivity contribution in [3.63, 3.8) is 0 Å². The standard InChI is InChI=1S/C18H29N5O3/c1-6-26-17(25)23-9-7-13(8-10-23)20-15(24)14-11-12(2)19-16(21-14)22-18(3,4)5/h11,13H,6-10H2,1-5H3,(H,20,24)(H,19,21,22). The molecular formula is C18H29N5O3. The predicted octanol–water partition coefficient (Wildman–Crippen LogP) is 2.35. The lowest BCUT2D eigenvalue weighted by atomic mass is 10.1. The van der Waals surface area contributed by atoms with Crippen LogP contribution in [-0.2, 0) is 4.74 Å². The zero-order valence-electron chi connectivity index (χ0n) is 16.3. The van der Waals surface area contributed by atoms with Crippen molar-refractivity contribution in [2.75, 3.05) is 25.0 Å². The third-order valence-electron chi connectivity index (χ3n) is 3.93. The van der Waals surface area contributed by atoms with Gasteiger partial charge in [0.05, 0.1) is 6.61 Å². The van der Waals surface area contributed by atoms with Crippen LogP contribution >= 0.6 is 0 Å². The van der Waals surface area contributed by atoms with Gasteiger partial charge < -0.3 is 20.3 Å². The normalized spacial score (nSPS) is 15.5. The molecule has 1 aliphatic rings. The molecular weight excluding hydrogens is 334 g/mol. The minimum absolute atomic E-state index is 0.0162. The third-order valence-corrected chi connectivity index (χ3v) is 3.93. The zero-order valence-corrected chi connectivity index (χ0v) is 16.3. The van der Waals surface area contributed by atoms with Crippen molar-refractivity contribution in [1.29, 1.82) is 0 Å². The summed E-state index contributed by atoms with van der Waals surface area (Å²) in [6.45, 7) is 11.2. The molecule has 0 radical (unpaired) electrons. The van der Waals surface area contributed by atoms with Gasteiger partial charge in [-0.3, -0.25) is 4.79 Å². The van der Waals surface area contributed by atoms with Crippen molar-refractivity contribution in [3.8, 4) is 0 Å². The summed E-state index contributed by atoms with van der Waals surface area (Å²) in [6.07, 6.45) is 1.10. The third kappa shape index (κ3) is 5.86. The second kappa shape index (κ2) is 8.33. The number of rotatable bonds is 4. The number of nitrogens with one attached hydrogen (secondary N) is 2. The second-order valence-electron chi connectivity index (χ2n) is 7.53. The Balaban J connectivity index is 1.95. The average Bonchev–Trinajstić information content (AvgIpc) is 2.53. The predicted molar refractivity (Wildman–Crippen MR) is 99.2 cm³/mol. The van der Waals surface area contributed by atoms with E-state index in [0.717, 1.165) is 5.69 Å². The van der Waals surface area contributed by atoms with Crippen LogP contribution < -0.4 is 10.6 Å². The van der Waals surface area contributed by atoms with Gasteiger partial charge >= 0.3 is 6.09 Å². The number of amides is 2. The maximum absolute atomic E-state index is 12.6. The Morgan fingerprint density at radius 1 is 1.27 bits per heavy atom. The van der Waals surface area contributed by atoms with Gasteiger partial charge in [0.1, 0.15) is 5.69 Å². The molecule has 2 amide bonds. The first kappa shape index (κ1) is 19.9. The van der Waals surface area contributed by atoms with Gasteiger partial charge in [0.2, 0.25) is 5.95 Å². The van der Waals surface area contributed by atoms with Crippen LogP contribution in [0.1, 0.15) is 56.7 Å². The summed E-state index contributed by atoms with van der Waals surface area (Å²) in [4.78, 5) is 34.6. The molecule has 144 valence electrons. The van der Waals surface area contributed by atoms with Crippen LogP contribution in [0.4, 0.5) is 10.7 Å². The smallest absolute Gasteiger partial charge is 0.409 e. The number of carbonyl (C=O) groups excluding carboxylic acids is 2. The highest BCUT2D eigenvalue weighted by Crippen LogP contribution is 2.14. The number of hydrogen-bond acceptors (Lipinski definition) is 6. The number of likely N-dealkylation sites (tertiary alicyclic amines) is 1. The summed E-state index contributed by atoms with van der Waals surface area (Å²) in [5.41, 5.74) is 0.882. The quantitative estimate of drug-likeness (QED) is 0.852. The molecule has 0 spiro atoms. The first-order valence-corrected chi connectivity index (χ1v) is 9.04. The topological polar surface area (TPSA) is 96.5 Å². The van der Waals surface area contributed by atoms with E-state index in [1.807, 2.05) is 27.7 Å². The highest BCUT2D eigenvalue weighted by atomic mass is 16.6. The van der Waals surface area contributed by atoms with Gasteiger partial charge in [0.25, 0.3) is 5.91 Å². The summed E-state index contributed by atoms with van der Waals surface area (Å²) in [5, 5.41) is 6.20. The van der Waals surface area contributed by atoms with Crippen LogP contribution in [0.15, 0.2) is 6.07 Å². The molecule has 0 unspecified atom stereocenters. The summed E-state index contributed by atoms with van der Waals surface area (Å²) < 4.78 is 5.01. The van der Waals surface area contributed by atoms with Gasteiger partial charge in [0.15, 0.2) is 0 Å². The van der Waals surface area contributed by atoms with Crippen LogP contribution in [0, 0.1) is 6.92 Å². The van der Waals surface area contributed by atoms with Gasteiger partial charge in [-0.05, 0) is 53.5 Å². The Morgan fingerprint density at radius 2 is 1.92 bits per heavy atom. The Hall–Kier alpha value is -2.38. The van der Waals surface area contributed by atoms with E-state index < -0.39 is 0 Å². The Labute approximate surface area is 154 Å². The molecule has 0 saturated carbocycles. The van der Waals surface area contributed by atoms with Crippen LogP contribution in [0.5, 0.6) is 0 Å². The number of hydrogen-bond donors (Lipinski definition) is 2. The number of aromatic nitrogens is 2. The largest absolute Gasteiger partial charge is 0.450 e. The van der Waals surface area contributed by atoms with Crippen molar-refractivity contribution in [2.45, 2.75) is 59.0 Å². The van der Waals surface area contributed by atoms with E-state index in [0.29, 0.717) is 44.2 Å². The minimum Gasteiger partial charge on any atom is -0.450 e. The maximum Gasteiger partial charge on any atom is 0.409 e. The minimum atomic E-state index is -0.290. The van der Waals surface area contributed by atoms with E-state index in [9.17, 15) is 9.59 Å². The molecule has 26 heavy (non-hydrogen) atoms. The monoisotopic (exact) mass is 363 g/mol. The molecule has 1 saturated heterocycles. The van der Waals surface area contributed by atoms with E-state index in [2.05, 4.69) is 20.6 Å². The molecule has 1 fully saturated rings. The molecule has 0 aromatic carbocycles. The number of nitrogens with zero attached hydrogens (tertiary/aromatic N) is 3. The molecule has 8 heteroatoms. The van der Waals surface area contributed by atoms with Crippen molar-refractivity contribution >= 4 is 17.9 Å². The van der Waals surface area contributed by atoms with Crippen molar-refractivity contribution in [2.24, 2.45) is 0 Å². The lowest BCUT2D eigenvalue weighted by Crippen LogP contribution is -2.46. The van der Waals surface area contributed by atoms with Crippen LogP contribution in [-0.4, -0.2) is 58.1 Å². The second-order valence-corrected chi connectivity index (χ2v) is 7.53. The fourth-order valence-corrected chi connectivity index (χ4v) is 2.76. The lowest BCUT2D eigenvalue weighted by molar-refractivity contribution is 0.0856. The summed E-state index contributed by atoms with van der Waals surface area (Å²) in [5.74, 6) is 0.224. The number of anilines is 1. The van der Waals surface area contributed by atoms with E-state index in [1.54, 1.807) is 17.9 Å². The molecule has 1 aliphatic heterocycles. The number of aryl methyl sites for hydroxylation is 1. The van der Waals surface area contributed by atoms with Crippen LogP contribution in [0.25, 0.3) is 0 Å². The van der Waals surface area contributed by atoms with Gasteiger partial charge in [0, 0.05) is 30.4 Å². The molecule has 0 aliphatic carbocycles. The van der Waals surface area contributed by atoms with Crippen LogP contribution in [0.2, 0.25) is 0 Å². The fourth-order valence-electron chi connectivity index (χ4n) is 2.76. The van der Waals surface area contributed by atoms with E-state index in [-0.39, 0.29) is 23.6 Å². The van der Waals surface area contributed by atoms with Crippen LogP contribution in [0.3, 0.4) is 0 Å². The summed E-state index contributed by atoms with van der Waals surface area (Å²) in [6, 6.07) is 1.69.